The third-order valence-corrected chi connectivity index (χ3v) is 4.99. The van der Waals surface area contributed by atoms with Gasteiger partial charge in [0.05, 0.1) is 11.2 Å². The Hall–Kier alpha value is -2.86. The Balaban J connectivity index is 1.51. The Morgan fingerprint density at radius 1 is 1.08 bits per heavy atom. The zero-order valence-corrected chi connectivity index (χ0v) is 14.8. The molecule has 1 aliphatic heterocycles. The number of amides is 2. The number of hydrogen-bond acceptors (Lipinski definition) is 3. The summed E-state index contributed by atoms with van der Waals surface area (Å²) in [5, 5.41) is 14.5. The van der Waals surface area contributed by atoms with Gasteiger partial charge in [0, 0.05) is 22.7 Å². The van der Waals surface area contributed by atoms with E-state index in [1.807, 2.05) is 48.5 Å². The molecule has 1 aliphatic rings. The molecule has 2 heterocycles. The van der Waals surface area contributed by atoms with Gasteiger partial charge in [0.1, 0.15) is 0 Å². The van der Waals surface area contributed by atoms with Crippen molar-refractivity contribution in [1.29, 1.82) is 0 Å². The predicted octanol–water partition coefficient (Wildman–Crippen LogP) is 4.02. The van der Waals surface area contributed by atoms with E-state index in [1.54, 1.807) is 0 Å². The second-order valence-corrected chi connectivity index (χ2v) is 6.89. The predicted molar refractivity (Wildman–Crippen MR) is 105 cm³/mol. The molecule has 2 aromatic carbocycles. The normalized spacial score (nSPS) is 15.9. The number of aromatic amines is 1. The maximum absolute atomic E-state index is 12.2. The highest BCUT2D eigenvalue weighted by Crippen LogP contribution is 2.32. The number of likely N-dealkylation sites (tertiary alicyclic amines) is 1. The monoisotopic (exact) mass is 349 g/mol. The van der Waals surface area contributed by atoms with Crippen LogP contribution in [-0.2, 0) is 0 Å². The molecule has 0 atom stereocenters. The van der Waals surface area contributed by atoms with Gasteiger partial charge in [-0.3, -0.25) is 5.10 Å². The number of benzene rings is 2. The Labute approximate surface area is 152 Å². The van der Waals surface area contributed by atoms with Crippen LogP contribution in [0, 0.1) is 0 Å². The summed E-state index contributed by atoms with van der Waals surface area (Å²) < 4.78 is 0. The van der Waals surface area contributed by atoms with Crippen molar-refractivity contribution in [3.63, 3.8) is 0 Å². The van der Waals surface area contributed by atoms with Crippen LogP contribution in [0.2, 0.25) is 0 Å². The average molecular weight is 349 g/mol. The largest absolute Gasteiger partial charge is 0.323 e. The summed E-state index contributed by atoms with van der Waals surface area (Å²) in [7, 11) is 2.16. The second kappa shape index (κ2) is 7.17. The smallest absolute Gasteiger partial charge is 0.308 e. The maximum Gasteiger partial charge on any atom is 0.323 e. The molecule has 3 N–H and O–H groups in total. The van der Waals surface area contributed by atoms with Crippen LogP contribution < -0.4 is 10.6 Å². The van der Waals surface area contributed by atoms with E-state index >= 15 is 0 Å². The third-order valence-electron chi connectivity index (χ3n) is 4.99. The Morgan fingerprint density at radius 2 is 1.81 bits per heavy atom. The van der Waals surface area contributed by atoms with Gasteiger partial charge in [-0.2, -0.15) is 5.10 Å². The molecule has 0 unspecified atom stereocenters. The van der Waals surface area contributed by atoms with Gasteiger partial charge in [-0.15, -0.1) is 0 Å². The zero-order chi connectivity index (χ0) is 17.9. The third kappa shape index (κ3) is 3.55. The van der Waals surface area contributed by atoms with Gasteiger partial charge in [-0.05, 0) is 63.3 Å². The second-order valence-electron chi connectivity index (χ2n) is 6.89. The number of aromatic nitrogens is 2. The molecule has 0 radical (unpaired) electrons. The highest BCUT2D eigenvalue weighted by atomic mass is 16.2. The Kier molecular flexibility index (Phi) is 4.58. The number of carbonyl (C=O) groups is 1. The van der Waals surface area contributed by atoms with Crippen molar-refractivity contribution in [2.45, 2.75) is 18.8 Å². The van der Waals surface area contributed by atoms with Crippen molar-refractivity contribution in [2.75, 3.05) is 30.8 Å². The first-order valence-electron chi connectivity index (χ1n) is 8.98. The summed E-state index contributed by atoms with van der Waals surface area (Å²) in [4.78, 5) is 14.6. The molecule has 134 valence electrons. The van der Waals surface area contributed by atoms with Gasteiger partial charge in [-0.1, -0.05) is 18.2 Å². The molecular formula is C20H23N5O. The van der Waals surface area contributed by atoms with Crippen LogP contribution in [0.4, 0.5) is 16.2 Å². The fraction of sp³-hybridized carbons (Fsp3) is 0.300. The van der Waals surface area contributed by atoms with Gasteiger partial charge in [0.2, 0.25) is 0 Å². The van der Waals surface area contributed by atoms with Crippen LogP contribution in [0.3, 0.4) is 0 Å². The van der Waals surface area contributed by atoms with Gasteiger partial charge in [0.15, 0.2) is 0 Å². The molecule has 0 saturated carbocycles. The zero-order valence-electron chi connectivity index (χ0n) is 14.8. The number of fused-ring (bicyclic) bond motifs is 1. The minimum absolute atomic E-state index is 0.250. The van der Waals surface area contributed by atoms with E-state index < -0.39 is 0 Å². The van der Waals surface area contributed by atoms with Crippen LogP contribution in [0.25, 0.3) is 10.9 Å². The Bertz CT molecular complexity index is 897. The van der Waals surface area contributed by atoms with E-state index in [0.29, 0.717) is 5.92 Å². The summed E-state index contributed by atoms with van der Waals surface area (Å²) in [5.41, 5.74) is 3.65. The molecule has 26 heavy (non-hydrogen) atoms. The van der Waals surface area contributed by atoms with E-state index in [0.717, 1.165) is 53.9 Å². The first-order chi connectivity index (χ1) is 12.7. The van der Waals surface area contributed by atoms with Crippen LogP contribution in [0.5, 0.6) is 0 Å². The molecule has 1 saturated heterocycles. The Morgan fingerprint density at radius 3 is 2.58 bits per heavy atom. The number of anilines is 2. The molecule has 3 aromatic rings. The van der Waals surface area contributed by atoms with Crippen molar-refractivity contribution >= 4 is 28.3 Å². The summed E-state index contributed by atoms with van der Waals surface area (Å²) in [6, 6.07) is 15.0. The van der Waals surface area contributed by atoms with Crippen LogP contribution in [0.1, 0.15) is 24.5 Å². The molecule has 1 fully saturated rings. The lowest BCUT2D eigenvalue weighted by Crippen LogP contribution is -2.29. The van der Waals surface area contributed by atoms with E-state index in [1.165, 1.54) is 0 Å². The fourth-order valence-electron chi connectivity index (χ4n) is 3.52. The number of nitrogens with one attached hydrogen (secondary N) is 3. The van der Waals surface area contributed by atoms with Crippen molar-refractivity contribution in [3.05, 3.63) is 54.2 Å². The number of para-hydroxylation sites is 1. The van der Waals surface area contributed by atoms with E-state index in [2.05, 4.69) is 32.8 Å². The molecule has 0 spiro atoms. The molecule has 1 aromatic heterocycles. The SMILES string of the molecule is CN1CCC(c2n[nH]c3ccc(NC(=O)Nc4ccccc4)cc23)CC1. The topological polar surface area (TPSA) is 73.0 Å². The van der Waals surface area contributed by atoms with Gasteiger partial charge in [-0.25, -0.2) is 4.79 Å². The van der Waals surface area contributed by atoms with Gasteiger partial charge >= 0.3 is 6.03 Å². The number of piperidine rings is 1. The molecule has 0 bridgehead atoms. The molecular weight excluding hydrogens is 326 g/mol. The first kappa shape index (κ1) is 16.6. The average Bonchev–Trinajstić information content (AvgIpc) is 3.06. The lowest BCUT2D eigenvalue weighted by Gasteiger charge is -2.28. The minimum Gasteiger partial charge on any atom is -0.308 e. The van der Waals surface area contributed by atoms with Gasteiger partial charge < -0.3 is 15.5 Å². The lowest BCUT2D eigenvalue weighted by atomic mass is 9.92. The van der Waals surface area contributed by atoms with Crippen molar-refractivity contribution in [3.8, 4) is 0 Å². The number of urea groups is 1. The van der Waals surface area contributed by atoms with Gasteiger partial charge in [0.25, 0.3) is 0 Å². The number of H-pyrrole nitrogens is 1. The first-order valence-corrected chi connectivity index (χ1v) is 8.98. The summed E-state index contributed by atoms with van der Waals surface area (Å²) in [6.07, 6.45) is 2.23. The fourth-order valence-corrected chi connectivity index (χ4v) is 3.52. The summed E-state index contributed by atoms with van der Waals surface area (Å²) >= 11 is 0. The summed E-state index contributed by atoms with van der Waals surface area (Å²) in [5.74, 6) is 0.466. The highest BCUT2D eigenvalue weighted by molar-refractivity contribution is 6.01. The highest BCUT2D eigenvalue weighted by Gasteiger charge is 2.22. The molecule has 2 amide bonds. The number of hydrogen-bond donors (Lipinski definition) is 3. The minimum atomic E-state index is -0.250. The number of carbonyl (C=O) groups excluding carboxylic acids is 1. The maximum atomic E-state index is 12.2. The molecule has 4 rings (SSSR count). The van der Waals surface area contributed by atoms with Crippen molar-refractivity contribution < 1.29 is 4.79 Å². The van der Waals surface area contributed by atoms with Crippen LogP contribution >= 0.6 is 0 Å². The van der Waals surface area contributed by atoms with E-state index in [-0.39, 0.29) is 6.03 Å². The van der Waals surface area contributed by atoms with E-state index in [9.17, 15) is 4.79 Å². The van der Waals surface area contributed by atoms with Crippen molar-refractivity contribution in [1.82, 2.24) is 15.1 Å². The van der Waals surface area contributed by atoms with E-state index in [4.69, 9.17) is 0 Å². The molecule has 0 aliphatic carbocycles. The van der Waals surface area contributed by atoms with Crippen molar-refractivity contribution in [2.24, 2.45) is 0 Å². The lowest BCUT2D eigenvalue weighted by molar-refractivity contribution is 0.254. The summed E-state index contributed by atoms with van der Waals surface area (Å²) in [6.45, 7) is 2.19. The number of nitrogens with zero attached hydrogens (tertiary/aromatic N) is 2. The quantitative estimate of drug-likeness (QED) is 0.669. The molecule has 6 nitrogen and oxygen atoms in total. The molecule has 6 heteroatoms. The van der Waals surface area contributed by atoms with Crippen LogP contribution in [-0.4, -0.2) is 41.3 Å². The van der Waals surface area contributed by atoms with Crippen LogP contribution in [0.15, 0.2) is 48.5 Å². The standard InChI is InChI=1S/C20H23N5O/c1-25-11-9-14(10-12-25)19-17-13-16(7-8-18(17)23-24-19)22-20(26)21-15-5-3-2-4-6-15/h2-8,13-14H,9-12H2,1H3,(H,23,24)(H2,21,22,26). The number of rotatable bonds is 3.